The lowest BCUT2D eigenvalue weighted by Gasteiger charge is -2.32. The molecule has 0 radical (unpaired) electrons. The van der Waals surface area contributed by atoms with Crippen molar-refractivity contribution in [3.8, 4) is 0 Å². The molecule has 1 aliphatic carbocycles. The van der Waals surface area contributed by atoms with Gasteiger partial charge in [-0.15, -0.1) is 0 Å². The smallest absolute Gasteiger partial charge is 0.243 e. The van der Waals surface area contributed by atoms with E-state index in [1.165, 1.54) is 0 Å². The van der Waals surface area contributed by atoms with Gasteiger partial charge in [0.05, 0.1) is 11.8 Å². The zero-order valence-electron chi connectivity index (χ0n) is 15.9. The zero-order valence-corrected chi connectivity index (χ0v) is 15.9. The minimum atomic E-state index is -0.619. The van der Waals surface area contributed by atoms with E-state index < -0.39 is 17.9 Å². The third-order valence-electron chi connectivity index (χ3n) is 5.48. The molecule has 0 bridgehead atoms. The highest BCUT2D eigenvalue weighted by Crippen LogP contribution is 2.43. The summed E-state index contributed by atoms with van der Waals surface area (Å²) in [6.45, 7) is 4.82. The van der Waals surface area contributed by atoms with E-state index in [4.69, 9.17) is 0 Å². The lowest BCUT2D eigenvalue weighted by molar-refractivity contribution is -0.140. The Morgan fingerprint density at radius 1 is 1.23 bits per heavy atom. The van der Waals surface area contributed by atoms with E-state index in [0.29, 0.717) is 19.5 Å². The fourth-order valence-electron chi connectivity index (χ4n) is 4.13. The van der Waals surface area contributed by atoms with Crippen LogP contribution < -0.4 is 10.6 Å². The van der Waals surface area contributed by atoms with Crippen LogP contribution in [0.2, 0.25) is 0 Å². The van der Waals surface area contributed by atoms with Gasteiger partial charge < -0.3 is 20.6 Å². The molecular formula is C19H31N3O4. The van der Waals surface area contributed by atoms with E-state index in [1.807, 2.05) is 26.0 Å². The average molecular weight is 365 g/mol. The number of hydrogen-bond acceptors (Lipinski definition) is 4. The molecule has 7 heteroatoms. The summed E-state index contributed by atoms with van der Waals surface area (Å²) in [6.07, 6.45) is 6.13. The maximum absolute atomic E-state index is 13.1. The predicted molar refractivity (Wildman–Crippen MR) is 98.0 cm³/mol. The van der Waals surface area contributed by atoms with Crippen molar-refractivity contribution in [2.45, 2.75) is 39.2 Å². The molecule has 146 valence electrons. The van der Waals surface area contributed by atoms with Crippen LogP contribution in [-0.4, -0.2) is 60.5 Å². The Kier molecular flexibility index (Phi) is 7.20. The Morgan fingerprint density at radius 3 is 2.58 bits per heavy atom. The Bertz CT molecular complexity index is 563. The predicted octanol–water partition coefficient (Wildman–Crippen LogP) is 0.296. The van der Waals surface area contributed by atoms with Crippen molar-refractivity contribution >= 4 is 17.7 Å². The van der Waals surface area contributed by atoms with Crippen LogP contribution in [0.25, 0.3) is 0 Å². The van der Waals surface area contributed by atoms with Gasteiger partial charge in [-0.3, -0.25) is 14.4 Å². The number of unbranched alkanes of at least 4 members (excludes halogenated alkanes) is 1. The van der Waals surface area contributed by atoms with Crippen LogP contribution in [-0.2, 0) is 14.4 Å². The van der Waals surface area contributed by atoms with Gasteiger partial charge in [0, 0.05) is 32.7 Å². The molecule has 1 aliphatic heterocycles. The van der Waals surface area contributed by atoms with Crippen molar-refractivity contribution in [2.24, 2.45) is 23.7 Å². The summed E-state index contributed by atoms with van der Waals surface area (Å²) in [5.74, 6) is -1.90. The van der Waals surface area contributed by atoms with Gasteiger partial charge in [0.1, 0.15) is 6.04 Å². The molecular weight excluding hydrogens is 334 g/mol. The maximum atomic E-state index is 13.1. The number of amides is 3. The third-order valence-corrected chi connectivity index (χ3v) is 5.48. The highest BCUT2D eigenvalue weighted by Gasteiger charge is 2.56. The van der Waals surface area contributed by atoms with Crippen LogP contribution in [0.4, 0.5) is 0 Å². The van der Waals surface area contributed by atoms with Crippen molar-refractivity contribution in [3.63, 3.8) is 0 Å². The Balaban J connectivity index is 2.32. The number of aliphatic hydroxyl groups excluding tert-OH is 1. The van der Waals surface area contributed by atoms with Gasteiger partial charge in [-0.2, -0.15) is 0 Å². The molecule has 0 aromatic heterocycles. The SMILES string of the molecule is CCCCNC(=O)[C@@H]1[C@H]2C=C[C@@H](C)[C@@H](C(=O)NC)[C@H]2C(=O)N1CCCO. The van der Waals surface area contributed by atoms with E-state index >= 15 is 0 Å². The Morgan fingerprint density at radius 2 is 1.96 bits per heavy atom. The normalized spacial score (nSPS) is 30.2. The summed E-state index contributed by atoms with van der Waals surface area (Å²) in [6, 6.07) is -0.619. The molecule has 0 spiro atoms. The largest absolute Gasteiger partial charge is 0.396 e. The number of rotatable bonds is 8. The van der Waals surface area contributed by atoms with E-state index in [2.05, 4.69) is 10.6 Å². The van der Waals surface area contributed by atoms with Crippen LogP contribution >= 0.6 is 0 Å². The van der Waals surface area contributed by atoms with Crippen molar-refractivity contribution < 1.29 is 19.5 Å². The minimum Gasteiger partial charge on any atom is -0.396 e. The second-order valence-corrected chi connectivity index (χ2v) is 7.19. The fourth-order valence-corrected chi connectivity index (χ4v) is 4.13. The highest BCUT2D eigenvalue weighted by atomic mass is 16.3. The molecule has 0 aromatic carbocycles. The summed E-state index contributed by atoms with van der Waals surface area (Å²) >= 11 is 0. The van der Waals surface area contributed by atoms with Gasteiger partial charge >= 0.3 is 0 Å². The molecule has 2 rings (SSSR count). The van der Waals surface area contributed by atoms with Gasteiger partial charge in [0.2, 0.25) is 17.7 Å². The summed E-state index contributed by atoms with van der Waals surface area (Å²) in [5.41, 5.74) is 0. The standard InChI is InChI=1S/C19H31N3O4/c1-4-5-9-21-18(25)16-13-8-7-12(2)14(17(24)20-3)15(13)19(26)22(16)10-6-11-23/h7-8,12-16,23H,4-6,9-11H2,1-3H3,(H,20,24)(H,21,25)/t12-,13+,14-,15+,16+/m1/s1. The number of aliphatic hydroxyl groups is 1. The number of nitrogens with zero attached hydrogens (tertiary/aromatic N) is 1. The van der Waals surface area contributed by atoms with Crippen LogP contribution in [0.15, 0.2) is 12.2 Å². The number of carbonyl (C=O) groups excluding carboxylic acids is 3. The number of likely N-dealkylation sites (tertiary alicyclic amines) is 1. The molecule has 1 heterocycles. The molecule has 3 amide bonds. The first-order valence-electron chi connectivity index (χ1n) is 9.56. The zero-order chi connectivity index (χ0) is 19.3. The van der Waals surface area contributed by atoms with Crippen LogP contribution in [0.1, 0.15) is 33.1 Å². The van der Waals surface area contributed by atoms with Gasteiger partial charge in [-0.25, -0.2) is 0 Å². The summed E-state index contributed by atoms with van der Waals surface area (Å²) in [7, 11) is 1.57. The van der Waals surface area contributed by atoms with E-state index in [1.54, 1.807) is 11.9 Å². The van der Waals surface area contributed by atoms with Gasteiger partial charge in [0.15, 0.2) is 0 Å². The number of carbonyl (C=O) groups is 3. The number of nitrogens with one attached hydrogen (secondary N) is 2. The molecule has 3 N–H and O–H groups in total. The first kappa shape index (κ1) is 20.4. The van der Waals surface area contributed by atoms with Crippen molar-refractivity contribution in [2.75, 3.05) is 26.7 Å². The summed E-state index contributed by atoms with van der Waals surface area (Å²) < 4.78 is 0. The van der Waals surface area contributed by atoms with E-state index in [0.717, 1.165) is 12.8 Å². The lowest BCUT2D eigenvalue weighted by atomic mass is 9.70. The number of allylic oxidation sites excluding steroid dienone is 1. The van der Waals surface area contributed by atoms with Crippen molar-refractivity contribution in [1.82, 2.24) is 15.5 Å². The minimum absolute atomic E-state index is 0.0472. The van der Waals surface area contributed by atoms with Crippen LogP contribution in [0.3, 0.4) is 0 Å². The molecule has 1 fully saturated rings. The van der Waals surface area contributed by atoms with Crippen molar-refractivity contribution in [3.05, 3.63) is 12.2 Å². The van der Waals surface area contributed by atoms with Crippen LogP contribution in [0.5, 0.6) is 0 Å². The first-order valence-corrected chi connectivity index (χ1v) is 9.56. The van der Waals surface area contributed by atoms with Crippen LogP contribution in [0, 0.1) is 23.7 Å². The molecule has 0 unspecified atom stereocenters. The summed E-state index contributed by atoms with van der Waals surface area (Å²) in [4.78, 5) is 39.9. The van der Waals surface area contributed by atoms with Gasteiger partial charge in [-0.05, 0) is 18.8 Å². The second-order valence-electron chi connectivity index (χ2n) is 7.19. The summed E-state index contributed by atoms with van der Waals surface area (Å²) in [5, 5.41) is 14.8. The molecule has 0 saturated carbocycles. The molecule has 2 aliphatic rings. The average Bonchev–Trinajstić information content (AvgIpc) is 2.91. The quantitative estimate of drug-likeness (QED) is 0.425. The first-order chi connectivity index (χ1) is 12.5. The fraction of sp³-hybridized carbons (Fsp3) is 0.737. The number of hydrogen-bond donors (Lipinski definition) is 3. The molecule has 26 heavy (non-hydrogen) atoms. The van der Waals surface area contributed by atoms with Gasteiger partial charge in [0.25, 0.3) is 0 Å². The van der Waals surface area contributed by atoms with E-state index in [9.17, 15) is 19.5 Å². The lowest BCUT2D eigenvalue weighted by Crippen LogP contribution is -2.48. The second kappa shape index (κ2) is 9.16. The molecule has 0 aromatic rings. The monoisotopic (exact) mass is 365 g/mol. The van der Waals surface area contributed by atoms with E-state index in [-0.39, 0.29) is 36.2 Å². The molecule has 1 saturated heterocycles. The topological polar surface area (TPSA) is 98.7 Å². The third kappa shape index (κ3) is 3.92. The Labute approximate surface area is 155 Å². The maximum Gasteiger partial charge on any atom is 0.243 e. The molecule has 7 nitrogen and oxygen atoms in total. The van der Waals surface area contributed by atoms with Crippen molar-refractivity contribution in [1.29, 1.82) is 0 Å². The molecule has 5 atom stereocenters. The highest BCUT2D eigenvalue weighted by molar-refractivity contribution is 5.96. The van der Waals surface area contributed by atoms with Gasteiger partial charge in [-0.1, -0.05) is 32.4 Å². The Hall–Kier alpha value is -1.89. The number of fused-ring (bicyclic) bond motifs is 1.